The summed E-state index contributed by atoms with van der Waals surface area (Å²) in [6, 6.07) is 6.37. The molecular formula is C23H32N4O2S. The molecule has 0 spiro atoms. The second kappa shape index (κ2) is 10.7. The average molecular weight is 429 g/mol. The first-order chi connectivity index (χ1) is 14.5. The molecule has 1 aromatic heterocycles. The molecule has 6 nitrogen and oxygen atoms in total. The zero-order valence-electron chi connectivity index (χ0n) is 18.2. The maximum Gasteiger partial charge on any atom is 0.230 e. The van der Waals surface area contributed by atoms with E-state index < -0.39 is 0 Å². The van der Waals surface area contributed by atoms with E-state index in [0.29, 0.717) is 36.0 Å². The number of hydrogen-bond donors (Lipinski definition) is 1. The SMILES string of the molecule is C=CCn1c(COc2c(C)cccc2C)nnc1SCC(=O)N[C@H]1CCCC[C@@H]1C. The summed E-state index contributed by atoms with van der Waals surface area (Å²) in [5, 5.41) is 12.5. The minimum Gasteiger partial charge on any atom is -0.485 e. The molecule has 0 aliphatic heterocycles. The zero-order valence-corrected chi connectivity index (χ0v) is 19.0. The lowest BCUT2D eigenvalue weighted by Crippen LogP contribution is -2.41. The first-order valence-corrected chi connectivity index (χ1v) is 11.6. The molecule has 1 aliphatic rings. The van der Waals surface area contributed by atoms with Crippen LogP contribution in [0.1, 0.15) is 49.6 Å². The largest absolute Gasteiger partial charge is 0.485 e. The summed E-state index contributed by atoms with van der Waals surface area (Å²) < 4.78 is 8.01. The standard InChI is InChI=1S/C23H32N4O2S/c1-5-13-27-20(14-29-22-17(3)10-8-11-18(22)4)25-26-23(27)30-15-21(28)24-19-12-7-6-9-16(19)2/h5,8,10-11,16,19H,1,6-7,9,12-15H2,2-4H3,(H,24,28)/t16-,19-/m0/s1. The molecule has 0 bridgehead atoms. The van der Waals surface area contributed by atoms with Gasteiger partial charge in [0.15, 0.2) is 11.0 Å². The number of carbonyl (C=O) groups is 1. The van der Waals surface area contributed by atoms with Gasteiger partial charge in [-0.25, -0.2) is 0 Å². The predicted octanol–water partition coefficient (Wildman–Crippen LogP) is 4.45. The van der Waals surface area contributed by atoms with Gasteiger partial charge in [-0.2, -0.15) is 0 Å². The predicted molar refractivity (Wildman–Crippen MR) is 121 cm³/mol. The van der Waals surface area contributed by atoms with E-state index in [-0.39, 0.29) is 5.91 Å². The van der Waals surface area contributed by atoms with Gasteiger partial charge in [0.25, 0.3) is 0 Å². The number of thioether (sulfide) groups is 1. The summed E-state index contributed by atoms with van der Waals surface area (Å²) in [6.45, 7) is 11.0. The fourth-order valence-electron chi connectivity index (χ4n) is 3.92. The number of nitrogens with zero attached hydrogens (tertiary/aromatic N) is 3. The van der Waals surface area contributed by atoms with Crippen molar-refractivity contribution < 1.29 is 9.53 Å². The van der Waals surface area contributed by atoms with E-state index in [1.807, 2.05) is 36.6 Å². The maximum atomic E-state index is 12.5. The highest BCUT2D eigenvalue weighted by Crippen LogP contribution is 2.25. The monoisotopic (exact) mass is 428 g/mol. The van der Waals surface area contributed by atoms with Gasteiger partial charge in [-0.15, -0.1) is 16.8 Å². The Balaban J connectivity index is 1.61. The van der Waals surface area contributed by atoms with Crippen molar-refractivity contribution in [2.75, 3.05) is 5.75 Å². The zero-order chi connectivity index (χ0) is 21.5. The molecule has 162 valence electrons. The van der Waals surface area contributed by atoms with Crippen molar-refractivity contribution in [1.82, 2.24) is 20.1 Å². The molecule has 1 aromatic carbocycles. The molecule has 2 aromatic rings. The Labute approximate surface area is 183 Å². The third kappa shape index (κ3) is 5.65. The van der Waals surface area contributed by atoms with Gasteiger partial charge in [-0.1, -0.05) is 55.8 Å². The molecular weight excluding hydrogens is 396 g/mol. The minimum atomic E-state index is 0.0558. The number of carbonyl (C=O) groups excluding carboxylic acids is 1. The summed E-state index contributed by atoms with van der Waals surface area (Å²) in [5.74, 6) is 2.53. The lowest BCUT2D eigenvalue weighted by atomic mass is 9.86. The van der Waals surface area contributed by atoms with Crippen molar-refractivity contribution >= 4 is 17.7 Å². The maximum absolute atomic E-state index is 12.5. The summed E-state index contributed by atoms with van der Waals surface area (Å²) >= 11 is 1.41. The highest BCUT2D eigenvalue weighted by Gasteiger charge is 2.23. The lowest BCUT2D eigenvalue weighted by molar-refractivity contribution is -0.119. The molecule has 1 fully saturated rings. The summed E-state index contributed by atoms with van der Waals surface area (Å²) in [5.41, 5.74) is 2.18. The van der Waals surface area contributed by atoms with E-state index in [1.54, 1.807) is 6.08 Å². The van der Waals surface area contributed by atoms with E-state index in [9.17, 15) is 4.79 Å². The van der Waals surface area contributed by atoms with E-state index in [2.05, 4.69) is 29.0 Å². The van der Waals surface area contributed by atoms with Crippen LogP contribution >= 0.6 is 11.8 Å². The number of ether oxygens (including phenoxy) is 1. The normalized spacial score (nSPS) is 18.8. The number of para-hydroxylation sites is 1. The molecule has 1 N–H and O–H groups in total. The van der Waals surface area contributed by atoms with Gasteiger partial charge >= 0.3 is 0 Å². The first kappa shape index (κ1) is 22.4. The van der Waals surface area contributed by atoms with Crippen LogP contribution in [-0.4, -0.2) is 32.5 Å². The molecule has 1 saturated carbocycles. The van der Waals surface area contributed by atoms with E-state index in [0.717, 1.165) is 29.1 Å². The molecule has 0 radical (unpaired) electrons. The number of allylic oxidation sites excluding steroid dienone is 1. The topological polar surface area (TPSA) is 69.0 Å². The Morgan fingerprint density at radius 3 is 2.73 bits per heavy atom. The van der Waals surface area contributed by atoms with Gasteiger partial charge in [0, 0.05) is 12.6 Å². The van der Waals surface area contributed by atoms with Gasteiger partial charge in [0.05, 0.1) is 5.75 Å². The second-order valence-corrected chi connectivity index (χ2v) is 8.97. The summed E-state index contributed by atoms with van der Waals surface area (Å²) in [6.07, 6.45) is 6.53. The highest BCUT2D eigenvalue weighted by molar-refractivity contribution is 7.99. The summed E-state index contributed by atoms with van der Waals surface area (Å²) in [7, 11) is 0. The van der Waals surface area contributed by atoms with Gasteiger partial charge < -0.3 is 10.1 Å². The van der Waals surface area contributed by atoms with Gasteiger partial charge in [-0.05, 0) is 43.7 Å². The van der Waals surface area contributed by atoms with Crippen molar-refractivity contribution in [2.24, 2.45) is 5.92 Å². The molecule has 3 rings (SSSR count). The Kier molecular flexibility index (Phi) is 7.96. The highest BCUT2D eigenvalue weighted by atomic mass is 32.2. The second-order valence-electron chi connectivity index (χ2n) is 8.03. The van der Waals surface area contributed by atoms with Crippen molar-refractivity contribution in [3.63, 3.8) is 0 Å². The number of aryl methyl sites for hydroxylation is 2. The fourth-order valence-corrected chi connectivity index (χ4v) is 4.70. The van der Waals surface area contributed by atoms with Crippen LogP contribution < -0.4 is 10.1 Å². The molecule has 7 heteroatoms. The number of hydrogen-bond acceptors (Lipinski definition) is 5. The van der Waals surface area contributed by atoms with Crippen LogP contribution in [0, 0.1) is 19.8 Å². The Morgan fingerprint density at radius 2 is 2.03 bits per heavy atom. The van der Waals surface area contributed by atoms with Gasteiger partial charge in [-0.3, -0.25) is 9.36 Å². The third-order valence-corrected chi connectivity index (χ3v) is 6.62. The van der Waals surface area contributed by atoms with Crippen LogP contribution in [0.3, 0.4) is 0 Å². The Hall–Kier alpha value is -2.28. The number of rotatable bonds is 9. The Bertz CT molecular complexity index is 860. The van der Waals surface area contributed by atoms with Crippen molar-refractivity contribution in [3.8, 4) is 5.75 Å². The minimum absolute atomic E-state index is 0.0558. The van der Waals surface area contributed by atoms with E-state index in [1.165, 1.54) is 31.0 Å². The van der Waals surface area contributed by atoms with Crippen molar-refractivity contribution in [3.05, 3.63) is 47.8 Å². The van der Waals surface area contributed by atoms with Crippen LogP contribution in [0.5, 0.6) is 5.75 Å². The van der Waals surface area contributed by atoms with E-state index in [4.69, 9.17) is 4.74 Å². The van der Waals surface area contributed by atoms with Crippen LogP contribution in [0.2, 0.25) is 0 Å². The molecule has 1 heterocycles. The molecule has 1 amide bonds. The first-order valence-electron chi connectivity index (χ1n) is 10.6. The lowest BCUT2D eigenvalue weighted by Gasteiger charge is -2.29. The summed E-state index contributed by atoms with van der Waals surface area (Å²) in [4.78, 5) is 12.5. The van der Waals surface area contributed by atoms with Crippen molar-refractivity contribution in [2.45, 2.75) is 70.8 Å². The molecule has 0 unspecified atom stereocenters. The van der Waals surface area contributed by atoms with Crippen molar-refractivity contribution in [1.29, 1.82) is 0 Å². The van der Waals surface area contributed by atoms with Crippen LogP contribution in [0.15, 0.2) is 36.0 Å². The fraction of sp³-hybridized carbons (Fsp3) is 0.522. The van der Waals surface area contributed by atoms with Crippen LogP contribution in [0.4, 0.5) is 0 Å². The molecule has 2 atom stereocenters. The Morgan fingerprint density at radius 1 is 1.30 bits per heavy atom. The molecule has 0 saturated heterocycles. The van der Waals surface area contributed by atoms with Gasteiger partial charge in [0.1, 0.15) is 12.4 Å². The number of aromatic nitrogens is 3. The smallest absolute Gasteiger partial charge is 0.230 e. The van der Waals surface area contributed by atoms with Gasteiger partial charge in [0.2, 0.25) is 5.91 Å². The van der Waals surface area contributed by atoms with Crippen LogP contribution in [-0.2, 0) is 17.9 Å². The number of benzene rings is 1. The third-order valence-electron chi connectivity index (χ3n) is 5.65. The molecule has 30 heavy (non-hydrogen) atoms. The van der Waals surface area contributed by atoms with E-state index >= 15 is 0 Å². The number of nitrogens with one attached hydrogen (secondary N) is 1. The number of amides is 1. The average Bonchev–Trinajstić information content (AvgIpc) is 3.10. The quantitative estimate of drug-likeness (QED) is 0.472. The van der Waals surface area contributed by atoms with Crippen LogP contribution in [0.25, 0.3) is 0 Å². The molecule has 1 aliphatic carbocycles.